The highest BCUT2D eigenvalue weighted by atomic mass is 32.1. The van der Waals surface area contributed by atoms with E-state index in [2.05, 4.69) is 5.32 Å². The summed E-state index contributed by atoms with van der Waals surface area (Å²) in [5.41, 5.74) is 1.97. The van der Waals surface area contributed by atoms with E-state index in [1.807, 2.05) is 54.9 Å². The molecule has 0 aliphatic rings. The van der Waals surface area contributed by atoms with Crippen molar-refractivity contribution in [1.82, 2.24) is 10.2 Å². The molecule has 0 saturated heterocycles. The number of hydrogen-bond donors (Lipinski definition) is 1. The van der Waals surface area contributed by atoms with Crippen LogP contribution in [0.5, 0.6) is 5.75 Å². The number of likely N-dealkylation sites (N-methyl/N-ethyl adjacent to an activating group) is 1. The largest absolute Gasteiger partial charge is 0.497 e. The molecule has 27 heavy (non-hydrogen) atoms. The summed E-state index contributed by atoms with van der Waals surface area (Å²) in [4.78, 5) is 26.7. The first-order valence-electron chi connectivity index (χ1n) is 8.79. The highest BCUT2D eigenvalue weighted by molar-refractivity contribution is 7.07. The molecule has 1 N–H and O–H groups in total. The van der Waals surface area contributed by atoms with Crippen LogP contribution in [0.3, 0.4) is 0 Å². The summed E-state index contributed by atoms with van der Waals surface area (Å²) in [5, 5.41) is 6.83. The zero-order valence-corrected chi connectivity index (χ0v) is 17.0. The molecule has 0 radical (unpaired) electrons. The predicted molar refractivity (Wildman–Crippen MR) is 110 cm³/mol. The lowest BCUT2D eigenvalue weighted by Gasteiger charge is -2.26. The smallest absolute Gasteiger partial charge is 0.245 e. The molecule has 0 spiro atoms. The van der Waals surface area contributed by atoms with Crippen LogP contribution in [0.4, 0.5) is 0 Å². The van der Waals surface area contributed by atoms with Crippen molar-refractivity contribution in [3.63, 3.8) is 0 Å². The molecule has 1 heterocycles. The van der Waals surface area contributed by atoms with Crippen LogP contribution in [0.2, 0.25) is 0 Å². The summed E-state index contributed by atoms with van der Waals surface area (Å²) in [6.45, 7) is 4.38. The first-order chi connectivity index (χ1) is 12.9. The van der Waals surface area contributed by atoms with Crippen LogP contribution in [0.25, 0.3) is 6.08 Å². The third-order valence-electron chi connectivity index (χ3n) is 4.15. The highest BCUT2D eigenvalue weighted by Gasteiger charge is 2.26. The number of amides is 2. The minimum absolute atomic E-state index is 0.0132. The summed E-state index contributed by atoms with van der Waals surface area (Å²) < 4.78 is 5.11. The van der Waals surface area contributed by atoms with Crippen LogP contribution < -0.4 is 10.1 Å². The molecule has 0 aliphatic carbocycles. The molecule has 1 aromatic heterocycles. The molecule has 2 amide bonds. The quantitative estimate of drug-likeness (QED) is 0.706. The van der Waals surface area contributed by atoms with Gasteiger partial charge in [0.15, 0.2) is 0 Å². The second-order valence-electron chi connectivity index (χ2n) is 6.66. The van der Waals surface area contributed by atoms with Crippen molar-refractivity contribution in [2.45, 2.75) is 26.4 Å². The molecule has 1 unspecified atom stereocenters. The minimum atomic E-state index is -0.568. The summed E-state index contributed by atoms with van der Waals surface area (Å²) in [6.07, 6.45) is 3.16. The maximum atomic E-state index is 12.8. The SMILES string of the molecule is COc1ccc(/C=C/C(=O)NC(C(=O)N(C)Cc2ccsc2)C(C)C)cc1. The fraction of sp³-hybridized carbons (Fsp3) is 0.333. The van der Waals surface area contributed by atoms with E-state index in [0.29, 0.717) is 6.54 Å². The first kappa shape index (κ1) is 20.7. The van der Waals surface area contributed by atoms with Crippen LogP contribution in [-0.4, -0.2) is 36.9 Å². The van der Waals surface area contributed by atoms with Gasteiger partial charge >= 0.3 is 0 Å². The Morgan fingerprint density at radius 3 is 2.48 bits per heavy atom. The Bertz CT molecular complexity index is 767. The monoisotopic (exact) mass is 386 g/mol. The number of carbonyl (C=O) groups excluding carboxylic acids is 2. The third kappa shape index (κ3) is 6.25. The number of ether oxygens (including phenoxy) is 1. The van der Waals surface area contributed by atoms with Gasteiger partial charge in [0, 0.05) is 19.7 Å². The summed E-state index contributed by atoms with van der Waals surface area (Å²) in [7, 11) is 3.37. The van der Waals surface area contributed by atoms with Crippen molar-refractivity contribution >= 4 is 29.2 Å². The van der Waals surface area contributed by atoms with E-state index < -0.39 is 6.04 Å². The molecule has 1 aromatic carbocycles. The van der Waals surface area contributed by atoms with Gasteiger partial charge in [0.25, 0.3) is 0 Å². The predicted octanol–water partition coefficient (Wildman–Crippen LogP) is 3.57. The van der Waals surface area contributed by atoms with Crippen molar-refractivity contribution in [2.75, 3.05) is 14.2 Å². The molecular formula is C21H26N2O3S. The number of nitrogens with zero attached hydrogens (tertiary/aromatic N) is 1. The van der Waals surface area contributed by atoms with Gasteiger partial charge in [-0.2, -0.15) is 11.3 Å². The average molecular weight is 387 g/mol. The minimum Gasteiger partial charge on any atom is -0.497 e. The van der Waals surface area contributed by atoms with E-state index in [1.54, 1.807) is 36.5 Å². The molecule has 0 bridgehead atoms. The molecule has 144 valence electrons. The van der Waals surface area contributed by atoms with Crippen LogP contribution >= 0.6 is 11.3 Å². The lowest BCUT2D eigenvalue weighted by Crippen LogP contribution is -2.49. The summed E-state index contributed by atoms with van der Waals surface area (Å²) in [5.74, 6) is 0.362. The Morgan fingerprint density at radius 2 is 1.93 bits per heavy atom. The Labute approximate surface area is 164 Å². The van der Waals surface area contributed by atoms with Crippen molar-refractivity contribution in [3.05, 3.63) is 58.3 Å². The number of thiophene rings is 1. The van der Waals surface area contributed by atoms with Gasteiger partial charge in [-0.3, -0.25) is 9.59 Å². The number of hydrogen-bond acceptors (Lipinski definition) is 4. The van der Waals surface area contributed by atoms with Gasteiger partial charge in [0.2, 0.25) is 11.8 Å². The van der Waals surface area contributed by atoms with E-state index in [4.69, 9.17) is 4.74 Å². The number of nitrogens with one attached hydrogen (secondary N) is 1. The Kier molecular flexibility index (Phi) is 7.61. The second-order valence-corrected chi connectivity index (χ2v) is 7.44. The number of rotatable bonds is 8. The lowest BCUT2D eigenvalue weighted by molar-refractivity contribution is -0.136. The molecule has 5 nitrogen and oxygen atoms in total. The van der Waals surface area contributed by atoms with Crippen molar-refractivity contribution in [1.29, 1.82) is 0 Å². The van der Waals surface area contributed by atoms with Gasteiger partial charge in [-0.15, -0.1) is 0 Å². The van der Waals surface area contributed by atoms with E-state index in [9.17, 15) is 9.59 Å². The van der Waals surface area contributed by atoms with Gasteiger partial charge in [0.1, 0.15) is 11.8 Å². The topological polar surface area (TPSA) is 58.6 Å². The maximum Gasteiger partial charge on any atom is 0.245 e. The normalized spacial score (nSPS) is 12.2. The molecule has 6 heteroatoms. The standard InChI is InChI=1S/C21H26N2O3S/c1-15(2)20(21(25)23(3)13-17-11-12-27-14-17)22-19(24)10-7-16-5-8-18(26-4)9-6-16/h5-12,14-15,20H,13H2,1-4H3,(H,22,24)/b10-7+. The van der Waals surface area contributed by atoms with E-state index in [0.717, 1.165) is 16.9 Å². The van der Waals surface area contributed by atoms with Crippen molar-refractivity contribution in [3.8, 4) is 5.75 Å². The molecule has 1 atom stereocenters. The Balaban J connectivity index is 1.97. The van der Waals surface area contributed by atoms with Crippen molar-refractivity contribution < 1.29 is 14.3 Å². The van der Waals surface area contributed by atoms with Gasteiger partial charge < -0.3 is 15.0 Å². The van der Waals surface area contributed by atoms with Gasteiger partial charge in [-0.05, 0) is 52.1 Å². The van der Waals surface area contributed by atoms with Crippen LogP contribution in [-0.2, 0) is 16.1 Å². The zero-order chi connectivity index (χ0) is 19.8. The average Bonchev–Trinajstić information content (AvgIpc) is 3.17. The van der Waals surface area contributed by atoms with Crippen LogP contribution in [0.15, 0.2) is 47.2 Å². The molecule has 0 saturated carbocycles. The van der Waals surface area contributed by atoms with Gasteiger partial charge in [0.05, 0.1) is 7.11 Å². The highest BCUT2D eigenvalue weighted by Crippen LogP contribution is 2.13. The number of benzene rings is 1. The van der Waals surface area contributed by atoms with Crippen molar-refractivity contribution in [2.24, 2.45) is 5.92 Å². The Morgan fingerprint density at radius 1 is 1.22 bits per heavy atom. The zero-order valence-electron chi connectivity index (χ0n) is 16.1. The van der Waals surface area contributed by atoms with E-state index in [1.165, 1.54) is 6.08 Å². The van der Waals surface area contributed by atoms with E-state index >= 15 is 0 Å². The second kappa shape index (κ2) is 9.92. The first-order valence-corrected chi connectivity index (χ1v) is 9.73. The summed E-state index contributed by atoms with van der Waals surface area (Å²) >= 11 is 1.60. The Hall–Kier alpha value is -2.60. The summed E-state index contributed by atoms with van der Waals surface area (Å²) in [6, 6.07) is 8.82. The fourth-order valence-electron chi connectivity index (χ4n) is 2.57. The van der Waals surface area contributed by atoms with E-state index in [-0.39, 0.29) is 17.7 Å². The molecule has 2 aromatic rings. The fourth-order valence-corrected chi connectivity index (χ4v) is 3.23. The molecule has 2 rings (SSSR count). The molecular weight excluding hydrogens is 360 g/mol. The van der Waals surface area contributed by atoms with Gasteiger partial charge in [-0.25, -0.2) is 0 Å². The van der Waals surface area contributed by atoms with Crippen LogP contribution in [0, 0.1) is 5.92 Å². The molecule has 0 fully saturated rings. The van der Waals surface area contributed by atoms with Crippen LogP contribution in [0.1, 0.15) is 25.0 Å². The number of carbonyl (C=O) groups is 2. The maximum absolute atomic E-state index is 12.8. The third-order valence-corrected chi connectivity index (χ3v) is 4.88. The number of methoxy groups -OCH3 is 1. The van der Waals surface area contributed by atoms with Gasteiger partial charge in [-0.1, -0.05) is 26.0 Å². The lowest BCUT2D eigenvalue weighted by atomic mass is 10.0. The molecule has 0 aliphatic heterocycles.